The molecule has 138 valence electrons. The molecule has 2 unspecified atom stereocenters. The minimum absolute atomic E-state index is 0.476. The molecule has 0 amide bonds. The maximum absolute atomic E-state index is 4.14. The Kier molecular flexibility index (Phi) is 5.13. The topological polar surface area (TPSA) is 12.0 Å². The molecule has 0 spiro atoms. The number of hydrogen-bond donors (Lipinski definition) is 1. The average molecular weight is 356 g/mol. The van der Waals surface area contributed by atoms with Crippen LogP contribution in [0.1, 0.15) is 37.3 Å². The number of allylic oxidation sites excluding steroid dienone is 3. The number of fused-ring (bicyclic) bond motifs is 2. The zero-order valence-corrected chi connectivity index (χ0v) is 16.5. The molecule has 1 heteroatoms. The van der Waals surface area contributed by atoms with E-state index in [2.05, 4.69) is 86.4 Å². The van der Waals surface area contributed by atoms with Crippen molar-refractivity contribution in [3.63, 3.8) is 0 Å². The van der Waals surface area contributed by atoms with Crippen molar-refractivity contribution >= 4 is 0 Å². The van der Waals surface area contributed by atoms with E-state index in [1.54, 1.807) is 5.57 Å². The van der Waals surface area contributed by atoms with Crippen molar-refractivity contribution in [3.05, 3.63) is 95.1 Å². The summed E-state index contributed by atoms with van der Waals surface area (Å²) in [5.41, 5.74) is 9.39. The van der Waals surface area contributed by atoms with Crippen LogP contribution in [-0.2, 0) is 6.54 Å². The number of hydrogen-bond acceptors (Lipinski definition) is 1. The van der Waals surface area contributed by atoms with Crippen molar-refractivity contribution in [1.82, 2.24) is 5.32 Å². The van der Waals surface area contributed by atoms with Gasteiger partial charge in [0, 0.05) is 12.6 Å². The van der Waals surface area contributed by atoms with Gasteiger partial charge in [-0.2, -0.15) is 0 Å². The van der Waals surface area contributed by atoms with Gasteiger partial charge >= 0.3 is 0 Å². The van der Waals surface area contributed by atoms with Crippen LogP contribution < -0.4 is 5.32 Å². The Balaban J connectivity index is 1.50. The number of rotatable bonds is 5. The van der Waals surface area contributed by atoms with Gasteiger partial charge in [-0.05, 0) is 72.9 Å². The Morgan fingerprint density at radius 1 is 1.15 bits per heavy atom. The summed E-state index contributed by atoms with van der Waals surface area (Å²) in [7, 11) is 0. The fourth-order valence-electron chi connectivity index (χ4n) is 4.48. The van der Waals surface area contributed by atoms with E-state index in [9.17, 15) is 0 Å². The van der Waals surface area contributed by atoms with Crippen molar-refractivity contribution in [2.24, 2.45) is 5.92 Å². The molecule has 2 bridgehead atoms. The minimum Gasteiger partial charge on any atom is -0.306 e. The molecule has 1 saturated carbocycles. The van der Waals surface area contributed by atoms with Crippen LogP contribution in [0.2, 0.25) is 0 Å². The molecule has 0 aliphatic heterocycles. The highest BCUT2D eigenvalue weighted by Gasteiger charge is 2.30. The maximum atomic E-state index is 4.14. The lowest BCUT2D eigenvalue weighted by Gasteiger charge is -2.37. The van der Waals surface area contributed by atoms with E-state index in [4.69, 9.17) is 0 Å². The Bertz CT molecular complexity index is 915. The molecule has 2 aliphatic carbocycles. The van der Waals surface area contributed by atoms with Crippen LogP contribution in [0, 0.1) is 12.8 Å². The van der Waals surface area contributed by atoms with Crippen LogP contribution in [-0.4, -0.2) is 6.04 Å². The first-order valence-electron chi connectivity index (χ1n) is 10.1. The summed E-state index contributed by atoms with van der Waals surface area (Å²) in [6, 6.07) is 18.0. The SMILES string of the molecule is C=C(C)C1=CC2CCCC(=C1)C2NCc1cccc(-c2ccccc2C)c1. The Morgan fingerprint density at radius 2 is 2.00 bits per heavy atom. The Morgan fingerprint density at radius 3 is 2.78 bits per heavy atom. The standard InChI is InChI=1S/C26H29N/c1-18(2)24-15-22-11-7-12-23(16-24)26(22)27-17-20-9-6-10-21(14-20)25-13-5-4-8-19(25)3/h4-6,8-10,13-16,22,26-27H,1,7,11-12,17H2,2-3H3. The van der Waals surface area contributed by atoms with Gasteiger partial charge in [-0.1, -0.05) is 72.3 Å². The molecule has 27 heavy (non-hydrogen) atoms. The van der Waals surface area contributed by atoms with Crippen molar-refractivity contribution in [1.29, 1.82) is 0 Å². The first-order valence-corrected chi connectivity index (χ1v) is 10.1. The highest BCUT2D eigenvalue weighted by atomic mass is 14.9. The fourth-order valence-corrected chi connectivity index (χ4v) is 4.48. The van der Waals surface area contributed by atoms with E-state index >= 15 is 0 Å². The second kappa shape index (κ2) is 7.70. The van der Waals surface area contributed by atoms with Gasteiger partial charge in [-0.25, -0.2) is 0 Å². The Labute approximate surface area is 163 Å². The van der Waals surface area contributed by atoms with Gasteiger partial charge in [0.15, 0.2) is 0 Å². The zero-order valence-electron chi connectivity index (χ0n) is 16.5. The van der Waals surface area contributed by atoms with Crippen LogP contribution in [0.25, 0.3) is 11.1 Å². The highest BCUT2D eigenvalue weighted by Crippen LogP contribution is 2.37. The molecule has 2 atom stereocenters. The monoisotopic (exact) mass is 355 g/mol. The van der Waals surface area contributed by atoms with Gasteiger partial charge in [-0.15, -0.1) is 0 Å². The molecule has 1 fully saturated rings. The second-order valence-electron chi connectivity index (χ2n) is 8.05. The van der Waals surface area contributed by atoms with Gasteiger partial charge in [-0.3, -0.25) is 0 Å². The first kappa shape index (κ1) is 18.0. The molecule has 2 aliphatic rings. The summed E-state index contributed by atoms with van der Waals surface area (Å²) in [5, 5.41) is 3.85. The number of aryl methyl sites for hydroxylation is 1. The van der Waals surface area contributed by atoms with Crippen LogP contribution in [0.3, 0.4) is 0 Å². The number of nitrogens with one attached hydrogen (secondary N) is 1. The third kappa shape index (κ3) is 3.84. The van der Waals surface area contributed by atoms with Crippen LogP contribution in [0.4, 0.5) is 0 Å². The summed E-state index contributed by atoms with van der Waals surface area (Å²) in [6.45, 7) is 9.34. The third-order valence-electron chi connectivity index (χ3n) is 5.97. The van der Waals surface area contributed by atoms with Gasteiger partial charge in [0.25, 0.3) is 0 Å². The van der Waals surface area contributed by atoms with Crippen LogP contribution >= 0.6 is 0 Å². The molecule has 0 heterocycles. The van der Waals surface area contributed by atoms with E-state index in [0.717, 1.165) is 6.54 Å². The summed E-state index contributed by atoms with van der Waals surface area (Å²) in [5.74, 6) is 0.602. The van der Waals surface area contributed by atoms with E-state index in [-0.39, 0.29) is 0 Å². The summed E-state index contributed by atoms with van der Waals surface area (Å²) in [6.07, 6.45) is 8.60. The second-order valence-corrected chi connectivity index (χ2v) is 8.05. The molecule has 1 nitrogen and oxygen atoms in total. The smallest absolute Gasteiger partial charge is 0.0349 e. The summed E-state index contributed by atoms with van der Waals surface area (Å²) in [4.78, 5) is 0. The molecule has 2 aromatic rings. The first-order chi connectivity index (χ1) is 13.1. The van der Waals surface area contributed by atoms with E-state index < -0.39 is 0 Å². The minimum atomic E-state index is 0.476. The molecular weight excluding hydrogens is 326 g/mol. The third-order valence-corrected chi connectivity index (χ3v) is 5.97. The summed E-state index contributed by atoms with van der Waals surface area (Å²) < 4.78 is 0. The molecule has 0 aromatic heterocycles. The van der Waals surface area contributed by atoms with E-state index in [1.165, 1.54) is 52.7 Å². The predicted molar refractivity (Wildman–Crippen MR) is 116 cm³/mol. The quantitative estimate of drug-likeness (QED) is 0.658. The van der Waals surface area contributed by atoms with Crippen molar-refractivity contribution in [3.8, 4) is 11.1 Å². The van der Waals surface area contributed by atoms with Crippen LogP contribution in [0.15, 0.2) is 84.0 Å². The lowest BCUT2D eigenvalue weighted by molar-refractivity contribution is 0.368. The van der Waals surface area contributed by atoms with Gasteiger partial charge < -0.3 is 5.32 Å². The lowest BCUT2D eigenvalue weighted by Crippen LogP contribution is -2.40. The average Bonchev–Trinajstić information content (AvgIpc) is 2.66. The highest BCUT2D eigenvalue weighted by molar-refractivity contribution is 5.67. The number of benzene rings is 2. The van der Waals surface area contributed by atoms with Crippen molar-refractivity contribution < 1.29 is 0 Å². The molecule has 1 N–H and O–H groups in total. The normalized spacial score (nSPS) is 21.4. The van der Waals surface area contributed by atoms with Crippen molar-refractivity contribution in [2.75, 3.05) is 0 Å². The maximum Gasteiger partial charge on any atom is 0.0349 e. The zero-order chi connectivity index (χ0) is 18.8. The Hall–Kier alpha value is -2.38. The van der Waals surface area contributed by atoms with E-state index in [1.807, 2.05) is 0 Å². The molecule has 0 saturated heterocycles. The molecule has 0 radical (unpaired) electrons. The van der Waals surface area contributed by atoms with Gasteiger partial charge in [0.2, 0.25) is 0 Å². The van der Waals surface area contributed by atoms with Gasteiger partial charge in [0.05, 0.1) is 0 Å². The van der Waals surface area contributed by atoms with Crippen molar-refractivity contribution in [2.45, 2.75) is 45.7 Å². The molecule has 4 rings (SSSR count). The molecule has 2 aromatic carbocycles. The predicted octanol–water partition coefficient (Wildman–Crippen LogP) is 6.36. The largest absolute Gasteiger partial charge is 0.306 e. The van der Waals surface area contributed by atoms with E-state index in [0.29, 0.717) is 12.0 Å². The molecular formula is C26H29N. The van der Waals surface area contributed by atoms with Gasteiger partial charge in [0.1, 0.15) is 0 Å². The summed E-state index contributed by atoms with van der Waals surface area (Å²) >= 11 is 0. The lowest BCUT2D eigenvalue weighted by atomic mass is 9.75. The van der Waals surface area contributed by atoms with Crippen LogP contribution in [0.5, 0.6) is 0 Å². The fraction of sp³-hybridized carbons (Fsp3) is 0.308.